The highest BCUT2D eigenvalue weighted by molar-refractivity contribution is 8.23. The van der Waals surface area contributed by atoms with E-state index in [1.165, 1.54) is 5.56 Å². The average Bonchev–Trinajstić information content (AvgIpc) is 2.81. The Labute approximate surface area is 98.1 Å². The fourth-order valence-corrected chi connectivity index (χ4v) is 2.20. The lowest BCUT2D eigenvalue weighted by Gasteiger charge is -2.00. The SMILES string of the molecule is S=C(SCc1ccccc1)c1ncc[nH]1. The van der Waals surface area contributed by atoms with E-state index >= 15 is 0 Å². The van der Waals surface area contributed by atoms with Gasteiger partial charge in [-0.3, -0.25) is 0 Å². The molecule has 76 valence electrons. The van der Waals surface area contributed by atoms with Crippen LogP contribution >= 0.6 is 24.0 Å². The van der Waals surface area contributed by atoms with Crippen LogP contribution in [0, 0.1) is 0 Å². The molecule has 2 aromatic rings. The lowest BCUT2D eigenvalue weighted by atomic mass is 10.2. The van der Waals surface area contributed by atoms with Gasteiger partial charge in [-0.05, 0) is 5.56 Å². The van der Waals surface area contributed by atoms with Crippen molar-refractivity contribution in [1.29, 1.82) is 0 Å². The summed E-state index contributed by atoms with van der Waals surface area (Å²) in [5.41, 5.74) is 1.27. The lowest BCUT2D eigenvalue weighted by molar-refractivity contribution is 1.28. The van der Waals surface area contributed by atoms with Gasteiger partial charge >= 0.3 is 0 Å². The zero-order valence-corrected chi connectivity index (χ0v) is 9.65. The standard InChI is InChI=1S/C11H10N2S2/c14-11(10-12-6-7-13-10)15-8-9-4-2-1-3-5-9/h1-7H,8H2,(H,12,13). The van der Waals surface area contributed by atoms with Gasteiger partial charge in [0.15, 0.2) is 5.82 Å². The fraction of sp³-hybridized carbons (Fsp3) is 0.0909. The minimum Gasteiger partial charge on any atom is -0.343 e. The predicted molar refractivity (Wildman–Crippen MR) is 68.0 cm³/mol. The van der Waals surface area contributed by atoms with Crippen LogP contribution in [-0.4, -0.2) is 14.2 Å². The largest absolute Gasteiger partial charge is 0.343 e. The molecule has 0 amide bonds. The molecule has 0 aliphatic rings. The third-order valence-electron chi connectivity index (χ3n) is 1.90. The molecule has 1 aromatic heterocycles. The van der Waals surface area contributed by atoms with Crippen LogP contribution < -0.4 is 0 Å². The van der Waals surface area contributed by atoms with Crippen LogP contribution in [0.5, 0.6) is 0 Å². The second-order valence-corrected chi connectivity index (χ2v) is 4.65. The number of imidazole rings is 1. The number of hydrogen-bond acceptors (Lipinski definition) is 3. The van der Waals surface area contributed by atoms with Crippen LogP contribution in [0.15, 0.2) is 42.7 Å². The van der Waals surface area contributed by atoms with Gasteiger partial charge in [-0.2, -0.15) is 0 Å². The van der Waals surface area contributed by atoms with E-state index in [2.05, 4.69) is 22.1 Å². The Morgan fingerprint density at radius 3 is 2.80 bits per heavy atom. The molecule has 0 bridgehead atoms. The molecule has 2 nitrogen and oxygen atoms in total. The van der Waals surface area contributed by atoms with Gasteiger partial charge in [-0.15, -0.1) is 11.8 Å². The normalized spacial score (nSPS) is 10.1. The summed E-state index contributed by atoms with van der Waals surface area (Å²) in [7, 11) is 0. The number of rotatable bonds is 3. The average molecular weight is 234 g/mol. The molecule has 0 aliphatic heterocycles. The van der Waals surface area contributed by atoms with Gasteiger partial charge in [0.1, 0.15) is 4.20 Å². The fourth-order valence-electron chi connectivity index (χ4n) is 1.17. The van der Waals surface area contributed by atoms with E-state index in [4.69, 9.17) is 12.2 Å². The minimum absolute atomic E-state index is 0.783. The molecular weight excluding hydrogens is 224 g/mol. The predicted octanol–water partition coefficient (Wildman–Crippen LogP) is 3.02. The Morgan fingerprint density at radius 2 is 2.13 bits per heavy atom. The molecule has 15 heavy (non-hydrogen) atoms. The van der Waals surface area contributed by atoms with Crippen LogP contribution in [0.3, 0.4) is 0 Å². The lowest BCUT2D eigenvalue weighted by Crippen LogP contribution is -1.95. The molecule has 2 rings (SSSR count). The van der Waals surface area contributed by atoms with Crippen molar-refractivity contribution in [1.82, 2.24) is 9.97 Å². The number of thioether (sulfide) groups is 1. The maximum atomic E-state index is 5.24. The van der Waals surface area contributed by atoms with Crippen molar-refractivity contribution in [3.05, 3.63) is 54.1 Å². The van der Waals surface area contributed by atoms with Crippen LogP contribution in [-0.2, 0) is 5.75 Å². The van der Waals surface area contributed by atoms with E-state index in [0.717, 1.165) is 15.8 Å². The van der Waals surface area contributed by atoms with Gasteiger partial charge in [0, 0.05) is 18.1 Å². The van der Waals surface area contributed by atoms with Gasteiger partial charge in [0.05, 0.1) is 0 Å². The van der Waals surface area contributed by atoms with E-state index in [1.54, 1.807) is 24.2 Å². The van der Waals surface area contributed by atoms with Crippen molar-refractivity contribution in [2.24, 2.45) is 0 Å². The maximum Gasteiger partial charge on any atom is 0.154 e. The Morgan fingerprint density at radius 1 is 1.33 bits per heavy atom. The summed E-state index contributed by atoms with van der Waals surface area (Å²) >= 11 is 6.87. The highest BCUT2D eigenvalue weighted by Gasteiger charge is 2.03. The Bertz CT molecular complexity index is 423. The van der Waals surface area contributed by atoms with Crippen molar-refractivity contribution in [2.45, 2.75) is 5.75 Å². The Balaban J connectivity index is 1.92. The highest BCUT2D eigenvalue weighted by atomic mass is 32.2. The van der Waals surface area contributed by atoms with Crippen LogP contribution in [0.1, 0.15) is 11.4 Å². The van der Waals surface area contributed by atoms with Gasteiger partial charge in [0.25, 0.3) is 0 Å². The van der Waals surface area contributed by atoms with Crippen molar-refractivity contribution in [3.8, 4) is 0 Å². The van der Waals surface area contributed by atoms with Crippen molar-refractivity contribution >= 4 is 28.2 Å². The van der Waals surface area contributed by atoms with E-state index in [9.17, 15) is 0 Å². The zero-order chi connectivity index (χ0) is 10.5. The number of benzene rings is 1. The smallest absolute Gasteiger partial charge is 0.154 e. The van der Waals surface area contributed by atoms with Crippen LogP contribution in [0.2, 0.25) is 0 Å². The topological polar surface area (TPSA) is 28.7 Å². The minimum atomic E-state index is 0.783. The summed E-state index contributed by atoms with van der Waals surface area (Å²) in [6.45, 7) is 0. The molecule has 1 N–H and O–H groups in total. The first kappa shape index (κ1) is 10.4. The maximum absolute atomic E-state index is 5.24. The molecule has 0 atom stereocenters. The third kappa shape index (κ3) is 2.91. The Kier molecular flexibility index (Phi) is 3.53. The van der Waals surface area contributed by atoms with Gasteiger partial charge in [-0.25, -0.2) is 4.98 Å². The van der Waals surface area contributed by atoms with Crippen LogP contribution in [0.25, 0.3) is 0 Å². The summed E-state index contributed by atoms with van der Waals surface area (Å²) in [4.78, 5) is 7.11. The molecule has 0 saturated heterocycles. The van der Waals surface area contributed by atoms with Crippen LogP contribution in [0.4, 0.5) is 0 Å². The molecular formula is C11H10N2S2. The first-order valence-electron chi connectivity index (χ1n) is 4.56. The summed E-state index contributed by atoms with van der Waals surface area (Å²) in [6.07, 6.45) is 3.50. The van der Waals surface area contributed by atoms with Crippen molar-refractivity contribution in [2.75, 3.05) is 0 Å². The summed E-state index contributed by atoms with van der Waals surface area (Å²) in [6, 6.07) is 10.3. The van der Waals surface area contributed by atoms with Gasteiger partial charge in [-0.1, -0.05) is 42.5 Å². The number of aromatic amines is 1. The summed E-state index contributed by atoms with van der Waals surface area (Å²) < 4.78 is 0.809. The molecule has 0 aliphatic carbocycles. The third-order valence-corrected chi connectivity index (χ3v) is 3.38. The number of nitrogens with zero attached hydrogens (tertiary/aromatic N) is 1. The quantitative estimate of drug-likeness (QED) is 0.828. The molecule has 0 radical (unpaired) electrons. The molecule has 0 unspecified atom stereocenters. The zero-order valence-electron chi connectivity index (χ0n) is 8.01. The molecule has 1 heterocycles. The first-order valence-corrected chi connectivity index (χ1v) is 5.96. The highest BCUT2D eigenvalue weighted by Crippen LogP contribution is 2.16. The number of hydrogen-bond donors (Lipinski definition) is 1. The van der Waals surface area contributed by atoms with Gasteiger partial charge in [0.2, 0.25) is 0 Å². The molecule has 0 saturated carbocycles. The second kappa shape index (κ2) is 5.09. The van der Waals surface area contributed by atoms with E-state index < -0.39 is 0 Å². The Hall–Kier alpha value is -1.13. The monoisotopic (exact) mass is 234 g/mol. The number of thiocarbonyl (C=S) groups is 1. The first-order chi connectivity index (χ1) is 7.36. The molecule has 0 spiro atoms. The summed E-state index contributed by atoms with van der Waals surface area (Å²) in [5.74, 6) is 1.67. The number of nitrogens with one attached hydrogen (secondary N) is 1. The molecule has 0 fully saturated rings. The van der Waals surface area contributed by atoms with E-state index in [1.807, 2.05) is 18.2 Å². The van der Waals surface area contributed by atoms with Crippen molar-refractivity contribution in [3.63, 3.8) is 0 Å². The number of aromatic nitrogens is 2. The van der Waals surface area contributed by atoms with Gasteiger partial charge < -0.3 is 4.98 Å². The van der Waals surface area contributed by atoms with Crippen molar-refractivity contribution < 1.29 is 0 Å². The second-order valence-electron chi connectivity index (χ2n) is 3.00. The molecule has 1 aromatic carbocycles. The number of H-pyrrole nitrogens is 1. The van der Waals surface area contributed by atoms with E-state index in [0.29, 0.717) is 0 Å². The molecule has 4 heteroatoms. The van der Waals surface area contributed by atoms with E-state index in [-0.39, 0.29) is 0 Å². The summed E-state index contributed by atoms with van der Waals surface area (Å²) in [5, 5.41) is 0.